The normalized spacial score (nSPS) is 15.5. The van der Waals surface area contributed by atoms with Crippen LogP contribution in [-0.4, -0.2) is 15.0 Å². The maximum absolute atomic E-state index is 12.3. The van der Waals surface area contributed by atoms with Crippen molar-refractivity contribution in [3.8, 4) is 0 Å². The van der Waals surface area contributed by atoms with E-state index in [1.807, 2.05) is 6.07 Å². The third-order valence-electron chi connectivity index (χ3n) is 3.82. The molecule has 19 heavy (non-hydrogen) atoms. The molecule has 0 atom stereocenters. The van der Waals surface area contributed by atoms with E-state index < -0.39 is 10.0 Å². The van der Waals surface area contributed by atoms with Crippen molar-refractivity contribution in [2.24, 2.45) is 5.41 Å². The molecule has 0 amide bonds. The first kappa shape index (κ1) is 14.5. The van der Waals surface area contributed by atoms with Crippen molar-refractivity contribution in [3.05, 3.63) is 29.3 Å². The van der Waals surface area contributed by atoms with Gasteiger partial charge in [0.1, 0.15) is 0 Å². The van der Waals surface area contributed by atoms with Crippen LogP contribution >= 0.6 is 0 Å². The van der Waals surface area contributed by atoms with E-state index in [4.69, 9.17) is 0 Å². The predicted octanol–water partition coefficient (Wildman–Crippen LogP) is 2.00. The molecule has 0 aromatic heterocycles. The smallest absolute Gasteiger partial charge is 0.240 e. The first-order valence-corrected chi connectivity index (χ1v) is 8.14. The maximum Gasteiger partial charge on any atom is 0.240 e. The summed E-state index contributed by atoms with van der Waals surface area (Å²) in [6.45, 7) is 8.21. The van der Waals surface area contributed by atoms with Crippen LogP contribution in [0.5, 0.6) is 0 Å². The zero-order valence-electron chi connectivity index (χ0n) is 11.8. The summed E-state index contributed by atoms with van der Waals surface area (Å²) in [5.41, 5.74) is 2.25. The van der Waals surface area contributed by atoms with Gasteiger partial charge in [0, 0.05) is 19.6 Å². The molecule has 0 spiro atoms. The molecule has 1 aromatic carbocycles. The molecular weight excluding hydrogens is 260 g/mol. The Bertz CT molecular complexity index is 565. The van der Waals surface area contributed by atoms with E-state index in [9.17, 15) is 8.42 Å². The topological polar surface area (TPSA) is 58.2 Å². The van der Waals surface area contributed by atoms with Gasteiger partial charge >= 0.3 is 0 Å². The second-order valence-electron chi connectivity index (χ2n) is 5.88. The molecule has 0 radical (unpaired) electrons. The number of sulfonamides is 1. The minimum absolute atomic E-state index is 0.0225. The summed E-state index contributed by atoms with van der Waals surface area (Å²) in [5.74, 6) is 0. The Kier molecular flexibility index (Phi) is 3.99. The van der Waals surface area contributed by atoms with Crippen LogP contribution < -0.4 is 10.0 Å². The molecule has 2 rings (SSSR count). The minimum atomic E-state index is -3.40. The molecule has 1 aromatic rings. The molecular formula is C14H22N2O2S. The Morgan fingerprint density at radius 3 is 2.63 bits per heavy atom. The molecule has 0 bridgehead atoms. The average Bonchev–Trinajstić information content (AvgIpc) is 2.84. The molecule has 0 aliphatic carbocycles. The van der Waals surface area contributed by atoms with Crippen molar-refractivity contribution < 1.29 is 8.42 Å². The van der Waals surface area contributed by atoms with Crippen LogP contribution in [0.4, 0.5) is 0 Å². The highest BCUT2D eigenvalue weighted by molar-refractivity contribution is 7.89. The van der Waals surface area contributed by atoms with Gasteiger partial charge in [-0.05, 0) is 35.1 Å². The Labute approximate surface area is 115 Å². The standard InChI is InChI=1S/C14H22N2O2S/c1-4-14(2,3)10-16-19(17,18)13-6-5-11-8-15-9-12(11)7-13/h5-7,15-16H,4,8-10H2,1-3H3. The monoisotopic (exact) mass is 282 g/mol. The second kappa shape index (κ2) is 5.23. The summed E-state index contributed by atoms with van der Waals surface area (Å²) in [6, 6.07) is 5.36. The van der Waals surface area contributed by atoms with Crippen molar-refractivity contribution in [2.75, 3.05) is 6.54 Å². The van der Waals surface area contributed by atoms with E-state index in [2.05, 4.69) is 30.8 Å². The first-order chi connectivity index (χ1) is 8.84. The molecule has 1 heterocycles. The predicted molar refractivity (Wildman–Crippen MR) is 76.2 cm³/mol. The van der Waals surface area contributed by atoms with E-state index in [0.717, 1.165) is 25.1 Å². The molecule has 0 unspecified atom stereocenters. The average molecular weight is 282 g/mol. The van der Waals surface area contributed by atoms with Gasteiger partial charge in [-0.1, -0.05) is 26.8 Å². The van der Waals surface area contributed by atoms with Crippen molar-refractivity contribution in [1.29, 1.82) is 0 Å². The number of hydrogen-bond donors (Lipinski definition) is 2. The first-order valence-electron chi connectivity index (χ1n) is 6.66. The fraction of sp³-hybridized carbons (Fsp3) is 0.571. The van der Waals surface area contributed by atoms with Gasteiger partial charge in [0.05, 0.1) is 4.90 Å². The molecule has 106 valence electrons. The second-order valence-corrected chi connectivity index (χ2v) is 7.64. The zero-order chi connectivity index (χ0) is 14.1. The fourth-order valence-corrected chi connectivity index (χ4v) is 3.23. The van der Waals surface area contributed by atoms with Crippen molar-refractivity contribution in [3.63, 3.8) is 0 Å². The van der Waals surface area contributed by atoms with Gasteiger partial charge in [-0.15, -0.1) is 0 Å². The van der Waals surface area contributed by atoms with Crippen LogP contribution in [0.25, 0.3) is 0 Å². The molecule has 5 heteroatoms. The van der Waals surface area contributed by atoms with Crippen LogP contribution in [0, 0.1) is 5.41 Å². The van der Waals surface area contributed by atoms with E-state index in [-0.39, 0.29) is 5.41 Å². The molecule has 4 nitrogen and oxygen atoms in total. The lowest BCUT2D eigenvalue weighted by molar-refractivity contribution is 0.350. The zero-order valence-corrected chi connectivity index (χ0v) is 12.6. The number of nitrogens with one attached hydrogen (secondary N) is 2. The highest BCUT2D eigenvalue weighted by atomic mass is 32.2. The molecule has 2 N–H and O–H groups in total. The Balaban J connectivity index is 2.16. The number of benzene rings is 1. The summed E-state index contributed by atoms with van der Waals surface area (Å²) >= 11 is 0. The maximum atomic E-state index is 12.3. The Morgan fingerprint density at radius 1 is 1.26 bits per heavy atom. The van der Waals surface area contributed by atoms with Crippen LogP contribution in [0.1, 0.15) is 38.3 Å². The summed E-state index contributed by atoms with van der Waals surface area (Å²) in [6.07, 6.45) is 0.934. The van der Waals surface area contributed by atoms with Crippen molar-refractivity contribution in [1.82, 2.24) is 10.0 Å². The summed E-state index contributed by atoms with van der Waals surface area (Å²) < 4.78 is 27.2. The van der Waals surface area contributed by atoms with E-state index in [1.54, 1.807) is 12.1 Å². The highest BCUT2D eigenvalue weighted by Crippen LogP contribution is 2.22. The lowest BCUT2D eigenvalue weighted by Crippen LogP contribution is -2.33. The third-order valence-corrected chi connectivity index (χ3v) is 5.22. The molecule has 0 saturated heterocycles. The summed E-state index contributed by atoms with van der Waals surface area (Å²) in [5, 5.41) is 3.22. The van der Waals surface area contributed by atoms with Gasteiger partial charge in [0.15, 0.2) is 0 Å². The fourth-order valence-electron chi connectivity index (χ4n) is 1.94. The SMILES string of the molecule is CCC(C)(C)CNS(=O)(=O)c1ccc2c(c1)CNC2. The van der Waals surface area contributed by atoms with Crippen LogP contribution in [0.2, 0.25) is 0 Å². The largest absolute Gasteiger partial charge is 0.309 e. The molecule has 1 aliphatic rings. The van der Waals surface area contributed by atoms with E-state index >= 15 is 0 Å². The van der Waals surface area contributed by atoms with Gasteiger partial charge in [0.2, 0.25) is 10.0 Å². The lowest BCUT2D eigenvalue weighted by atomic mass is 9.91. The summed E-state index contributed by atoms with van der Waals surface area (Å²) in [7, 11) is -3.40. The van der Waals surface area contributed by atoms with Gasteiger partial charge in [-0.3, -0.25) is 0 Å². The van der Waals surface area contributed by atoms with E-state index in [0.29, 0.717) is 11.4 Å². The molecule has 0 fully saturated rings. The Morgan fingerprint density at radius 2 is 1.95 bits per heavy atom. The minimum Gasteiger partial charge on any atom is -0.309 e. The number of hydrogen-bond acceptors (Lipinski definition) is 3. The lowest BCUT2D eigenvalue weighted by Gasteiger charge is -2.22. The van der Waals surface area contributed by atoms with Crippen LogP contribution in [0.3, 0.4) is 0 Å². The molecule has 1 aliphatic heterocycles. The third kappa shape index (κ3) is 3.35. The Hall–Kier alpha value is -0.910. The van der Waals surface area contributed by atoms with Gasteiger partial charge in [-0.25, -0.2) is 13.1 Å². The quantitative estimate of drug-likeness (QED) is 0.868. The van der Waals surface area contributed by atoms with Crippen LogP contribution in [0.15, 0.2) is 23.1 Å². The van der Waals surface area contributed by atoms with E-state index in [1.165, 1.54) is 5.56 Å². The summed E-state index contributed by atoms with van der Waals surface area (Å²) in [4.78, 5) is 0.363. The van der Waals surface area contributed by atoms with Crippen LogP contribution in [-0.2, 0) is 23.1 Å². The highest BCUT2D eigenvalue weighted by Gasteiger charge is 2.22. The van der Waals surface area contributed by atoms with Gasteiger partial charge in [-0.2, -0.15) is 0 Å². The van der Waals surface area contributed by atoms with Crippen molar-refractivity contribution >= 4 is 10.0 Å². The number of rotatable bonds is 5. The van der Waals surface area contributed by atoms with Crippen molar-refractivity contribution in [2.45, 2.75) is 45.2 Å². The van der Waals surface area contributed by atoms with Gasteiger partial charge in [0.25, 0.3) is 0 Å². The molecule has 0 saturated carbocycles. The number of fused-ring (bicyclic) bond motifs is 1. The van der Waals surface area contributed by atoms with Gasteiger partial charge < -0.3 is 5.32 Å².